The first-order valence-electron chi connectivity index (χ1n) is 4.76. The molecular weight excluding hydrogens is 248 g/mol. The Bertz CT molecular complexity index is 540. The molecule has 0 spiro atoms. The van der Waals surface area contributed by atoms with E-state index in [9.17, 15) is 23.7 Å². The van der Waals surface area contributed by atoms with E-state index < -0.39 is 33.7 Å². The number of rotatable bonds is 4. The number of halogens is 2. The maximum Gasteiger partial charge on any atom is 0.307 e. The summed E-state index contributed by atoms with van der Waals surface area (Å²) in [4.78, 5) is 20.6. The summed E-state index contributed by atoms with van der Waals surface area (Å²) in [5, 5.41) is 20.7. The second kappa shape index (κ2) is 5.67. The molecule has 0 heterocycles. The maximum absolute atomic E-state index is 13.4. The lowest BCUT2D eigenvalue weighted by Gasteiger charge is -2.04. The molecule has 18 heavy (non-hydrogen) atoms. The van der Waals surface area contributed by atoms with Gasteiger partial charge in [0.15, 0.2) is 0 Å². The molecule has 0 radical (unpaired) electrons. The van der Waals surface area contributed by atoms with Gasteiger partial charge in [0.05, 0.1) is 29.0 Å². The standard InChI is InChI=1S/C10H7F2N3O3/c11-7-5-9(15(17)18)8(12)4-6(7)10(16)14-3-1-2-13/h4-5H,1,3H2,(H,14,16). The summed E-state index contributed by atoms with van der Waals surface area (Å²) in [6.07, 6.45) is 0.0167. The molecule has 1 amide bonds. The van der Waals surface area contributed by atoms with Gasteiger partial charge in [-0.05, 0) is 6.07 Å². The number of nitro groups is 1. The van der Waals surface area contributed by atoms with Crippen molar-refractivity contribution in [3.63, 3.8) is 0 Å². The van der Waals surface area contributed by atoms with Gasteiger partial charge in [-0.25, -0.2) is 4.39 Å². The van der Waals surface area contributed by atoms with E-state index in [4.69, 9.17) is 5.26 Å². The lowest BCUT2D eigenvalue weighted by atomic mass is 10.1. The van der Waals surface area contributed by atoms with Crippen LogP contribution in [0.5, 0.6) is 0 Å². The van der Waals surface area contributed by atoms with Crippen molar-refractivity contribution in [1.29, 1.82) is 5.26 Å². The van der Waals surface area contributed by atoms with Crippen LogP contribution in [0.2, 0.25) is 0 Å². The average molecular weight is 255 g/mol. The van der Waals surface area contributed by atoms with Crippen LogP contribution < -0.4 is 5.32 Å². The molecule has 6 nitrogen and oxygen atoms in total. The number of hydrogen-bond acceptors (Lipinski definition) is 4. The Morgan fingerprint density at radius 2 is 2.11 bits per heavy atom. The number of nitrogens with zero attached hydrogens (tertiary/aromatic N) is 2. The normalized spacial score (nSPS) is 9.61. The molecule has 0 atom stereocenters. The number of carbonyl (C=O) groups excluding carboxylic acids is 1. The smallest absolute Gasteiger partial charge is 0.307 e. The molecule has 1 rings (SSSR count). The third kappa shape index (κ3) is 2.98. The van der Waals surface area contributed by atoms with E-state index in [1.807, 2.05) is 0 Å². The van der Waals surface area contributed by atoms with Crippen molar-refractivity contribution in [3.05, 3.63) is 39.4 Å². The summed E-state index contributed by atoms with van der Waals surface area (Å²) < 4.78 is 26.5. The van der Waals surface area contributed by atoms with Gasteiger partial charge in [0, 0.05) is 6.54 Å². The molecule has 0 aliphatic heterocycles. The van der Waals surface area contributed by atoms with Crippen LogP contribution in [-0.4, -0.2) is 17.4 Å². The molecule has 0 fully saturated rings. The highest BCUT2D eigenvalue weighted by Gasteiger charge is 2.21. The van der Waals surface area contributed by atoms with Crippen LogP contribution >= 0.6 is 0 Å². The number of carbonyl (C=O) groups is 1. The highest BCUT2D eigenvalue weighted by atomic mass is 19.1. The molecule has 0 aromatic heterocycles. The number of hydrogen-bond donors (Lipinski definition) is 1. The molecule has 0 saturated heterocycles. The zero-order valence-electron chi connectivity index (χ0n) is 8.94. The lowest BCUT2D eigenvalue weighted by Crippen LogP contribution is -2.25. The number of nitriles is 1. The molecular formula is C10H7F2N3O3. The largest absolute Gasteiger partial charge is 0.351 e. The van der Waals surface area contributed by atoms with E-state index >= 15 is 0 Å². The third-order valence-corrected chi connectivity index (χ3v) is 2.00. The first-order valence-corrected chi connectivity index (χ1v) is 4.76. The van der Waals surface area contributed by atoms with Gasteiger partial charge < -0.3 is 5.32 Å². The van der Waals surface area contributed by atoms with Crippen LogP contribution in [0.4, 0.5) is 14.5 Å². The van der Waals surface area contributed by atoms with Crippen molar-refractivity contribution in [1.82, 2.24) is 5.32 Å². The fraction of sp³-hybridized carbons (Fsp3) is 0.200. The maximum atomic E-state index is 13.4. The Kier molecular flexibility index (Phi) is 4.26. The molecule has 0 unspecified atom stereocenters. The zero-order valence-corrected chi connectivity index (χ0v) is 8.94. The highest BCUT2D eigenvalue weighted by Crippen LogP contribution is 2.21. The number of benzene rings is 1. The summed E-state index contributed by atoms with van der Waals surface area (Å²) >= 11 is 0. The lowest BCUT2D eigenvalue weighted by molar-refractivity contribution is -0.387. The predicted molar refractivity (Wildman–Crippen MR) is 55.6 cm³/mol. The molecule has 0 aliphatic carbocycles. The minimum atomic E-state index is -1.30. The summed E-state index contributed by atoms with van der Waals surface area (Å²) in [7, 11) is 0. The Labute approximate surface area is 100.0 Å². The highest BCUT2D eigenvalue weighted by molar-refractivity contribution is 5.94. The Balaban J connectivity index is 2.98. The topological polar surface area (TPSA) is 96.0 Å². The van der Waals surface area contributed by atoms with Crippen molar-refractivity contribution in [2.75, 3.05) is 6.54 Å². The van der Waals surface area contributed by atoms with Crippen LogP contribution in [-0.2, 0) is 0 Å². The van der Waals surface area contributed by atoms with E-state index in [-0.39, 0.29) is 13.0 Å². The van der Waals surface area contributed by atoms with Gasteiger partial charge in [-0.2, -0.15) is 9.65 Å². The second-order valence-corrected chi connectivity index (χ2v) is 3.20. The quantitative estimate of drug-likeness (QED) is 0.501. The first kappa shape index (κ1) is 13.5. The number of amides is 1. The Morgan fingerprint density at radius 3 is 2.67 bits per heavy atom. The van der Waals surface area contributed by atoms with Gasteiger partial charge in [0.1, 0.15) is 5.82 Å². The third-order valence-electron chi connectivity index (χ3n) is 2.00. The van der Waals surface area contributed by atoms with E-state index in [1.54, 1.807) is 6.07 Å². The number of nitrogens with one attached hydrogen (secondary N) is 1. The van der Waals surface area contributed by atoms with Gasteiger partial charge in [0.25, 0.3) is 5.91 Å². The van der Waals surface area contributed by atoms with Gasteiger partial charge in [-0.3, -0.25) is 14.9 Å². The molecule has 1 N–H and O–H groups in total. The number of nitro benzene ring substituents is 1. The fourth-order valence-corrected chi connectivity index (χ4v) is 1.18. The summed E-state index contributed by atoms with van der Waals surface area (Å²) in [5.74, 6) is -3.43. The molecule has 1 aromatic rings. The van der Waals surface area contributed by atoms with Crippen LogP contribution in [0.25, 0.3) is 0 Å². The van der Waals surface area contributed by atoms with Crippen molar-refractivity contribution in [2.24, 2.45) is 0 Å². The molecule has 1 aromatic carbocycles. The van der Waals surface area contributed by atoms with Crippen molar-refractivity contribution in [3.8, 4) is 6.07 Å². The molecule has 0 aliphatic rings. The predicted octanol–water partition coefficient (Wildman–Crippen LogP) is 1.52. The van der Waals surface area contributed by atoms with Crippen molar-refractivity contribution < 1.29 is 18.5 Å². The fourth-order valence-electron chi connectivity index (χ4n) is 1.18. The summed E-state index contributed by atoms with van der Waals surface area (Å²) in [6.45, 7) is -0.0205. The summed E-state index contributed by atoms with van der Waals surface area (Å²) in [5.41, 5.74) is -1.68. The minimum Gasteiger partial charge on any atom is -0.351 e. The van der Waals surface area contributed by atoms with Crippen LogP contribution in [0.3, 0.4) is 0 Å². The zero-order chi connectivity index (χ0) is 13.7. The SMILES string of the molecule is N#CCCNC(=O)c1cc(F)c([N+](=O)[O-])cc1F. The molecule has 0 saturated carbocycles. The van der Waals surface area contributed by atoms with E-state index in [2.05, 4.69) is 5.32 Å². The Hall–Kier alpha value is -2.56. The van der Waals surface area contributed by atoms with E-state index in [1.165, 1.54) is 0 Å². The van der Waals surface area contributed by atoms with Crippen LogP contribution in [0.15, 0.2) is 12.1 Å². The van der Waals surface area contributed by atoms with Gasteiger partial charge in [0.2, 0.25) is 5.82 Å². The Morgan fingerprint density at radius 1 is 1.44 bits per heavy atom. The van der Waals surface area contributed by atoms with Gasteiger partial charge in [-0.1, -0.05) is 0 Å². The van der Waals surface area contributed by atoms with Gasteiger partial charge in [-0.15, -0.1) is 0 Å². The van der Waals surface area contributed by atoms with Crippen molar-refractivity contribution in [2.45, 2.75) is 6.42 Å². The molecule has 94 valence electrons. The van der Waals surface area contributed by atoms with Gasteiger partial charge >= 0.3 is 5.69 Å². The minimum absolute atomic E-state index is 0.0167. The monoisotopic (exact) mass is 255 g/mol. The second-order valence-electron chi connectivity index (χ2n) is 3.20. The van der Waals surface area contributed by atoms with Crippen LogP contribution in [0, 0.1) is 33.1 Å². The van der Waals surface area contributed by atoms with Crippen LogP contribution in [0.1, 0.15) is 16.8 Å². The molecule has 8 heteroatoms. The first-order chi connectivity index (χ1) is 8.47. The average Bonchev–Trinajstić information content (AvgIpc) is 2.31. The summed E-state index contributed by atoms with van der Waals surface area (Å²) in [6, 6.07) is 2.55. The van der Waals surface area contributed by atoms with Crippen molar-refractivity contribution >= 4 is 11.6 Å². The van der Waals surface area contributed by atoms with E-state index in [0.717, 1.165) is 0 Å². The molecule has 0 bridgehead atoms. The van der Waals surface area contributed by atoms with E-state index in [0.29, 0.717) is 12.1 Å².